The number of nitrogens with zero attached hydrogens (tertiary/aromatic N) is 2. The Kier molecular flexibility index (Phi) is 2.80. The molecule has 4 rings (SSSR count). The number of aryl methyl sites for hydroxylation is 1. The Hall–Kier alpha value is -2.50. The number of nitrogens with one attached hydrogen (secondary N) is 1. The zero-order chi connectivity index (χ0) is 14.2. The lowest BCUT2D eigenvalue weighted by molar-refractivity contribution is -0.120. The molecule has 6 heteroatoms. The molecule has 2 aromatic rings. The van der Waals surface area contributed by atoms with Crippen LogP contribution in [0.15, 0.2) is 30.6 Å². The van der Waals surface area contributed by atoms with E-state index in [1.807, 2.05) is 18.3 Å². The van der Waals surface area contributed by atoms with Gasteiger partial charge in [0.05, 0.1) is 0 Å². The fourth-order valence-corrected chi connectivity index (χ4v) is 2.79. The molecule has 0 saturated carbocycles. The number of fused-ring (bicyclic) bond motifs is 2. The Morgan fingerprint density at radius 3 is 3.19 bits per heavy atom. The molecule has 0 aliphatic carbocycles. The van der Waals surface area contributed by atoms with Crippen LogP contribution < -0.4 is 14.8 Å². The van der Waals surface area contributed by atoms with E-state index >= 15 is 0 Å². The molecule has 1 amide bonds. The first kappa shape index (κ1) is 12.3. The summed E-state index contributed by atoms with van der Waals surface area (Å²) >= 11 is 0. The Morgan fingerprint density at radius 2 is 2.24 bits per heavy atom. The number of amides is 1. The van der Waals surface area contributed by atoms with E-state index < -0.39 is 0 Å². The molecular formula is C15H15N3O3. The number of rotatable bonds is 2. The number of anilines is 1. The topological polar surface area (TPSA) is 65.4 Å². The van der Waals surface area contributed by atoms with Crippen LogP contribution in [0.5, 0.6) is 11.5 Å². The second-order valence-electron chi connectivity index (χ2n) is 5.28. The normalized spacial score (nSPS) is 19.1. The zero-order valence-corrected chi connectivity index (χ0v) is 11.4. The molecule has 2 aliphatic heterocycles. The van der Waals surface area contributed by atoms with E-state index in [0.29, 0.717) is 17.9 Å². The Bertz CT molecular complexity index is 695. The molecule has 108 valence electrons. The molecular weight excluding hydrogens is 270 g/mol. The predicted octanol–water partition coefficient (Wildman–Crippen LogP) is 1.81. The van der Waals surface area contributed by atoms with Crippen molar-refractivity contribution < 1.29 is 14.3 Å². The van der Waals surface area contributed by atoms with Gasteiger partial charge in [0.15, 0.2) is 11.5 Å². The number of carbonyl (C=O) groups excluding carboxylic acids is 1. The van der Waals surface area contributed by atoms with Crippen LogP contribution in [0, 0.1) is 5.92 Å². The van der Waals surface area contributed by atoms with Gasteiger partial charge in [-0.1, -0.05) is 0 Å². The monoisotopic (exact) mass is 285 g/mol. The summed E-state index contributed by atoms with van der Waals surface area (Å²) in [5.41, 5.74) is 0.734. The maximum Gasteiger partial charge on any atom is 0.231 e. The summed E-state index contributed by atoms with van der Waals surface area (Å²) in [6.45, 7) is 1.08. The average Bonchev–Trinajstić information content (AvgIpc) is 3.14. The van der Waals surface area contributed by atoms with Gasteiger partial charge in [-0.25, -0.2) is 4.98 Å². The van der Waals surface area contributed by atoms with Gasteiger partial charge in [0, 0.05) is 43.0 Å². The molecule has 1 aromatic heterocycles. The van der Waals surface area contributed by atoms with Crippen molar-refractivity contribution in [3.05, 3.63) is 36.4 Å². The van der Waals surface area contributed by atoms with Gasteiger partial charge in [0.25, 0.3) is 0 Å². The molecule has 21 heavy (non-hydrogen) atoms. The third kappa shape index (κ3) is 2.22. The lowest BCUT2D eigenvalue weighted by Crippen LogP contribution is -2.30. The summed E-state index contributed by atoms with van der Waals surface area (Å²) in [7, 11) is 0. The van der Waals surface area contributed by atoms with E-state index in [1.54, 1.807) is 12.3 Å². The van der Waals surface area contributed by atoms with E-state index in [-0.39, 0.29) is 18.6 Å². The van der Waals surface area contributed by atoms with Gasteiger partial charge >= 0.3 is 0 Å². The number of aromatic nitrogens is 2. The highest BCUT2D eigenvalue weighted by molar-refractivity contribution is 5.93. The number of hydrogen-bond donors (Lipinski definition) is 1. The molecule has 3 heterocycles. The van der Waals surface area contributed by atoms with Crippen molar-refractivity contribution in [3.63, 3.8) is 0 Å². The second-order valence-corrected chi connectivity index (χ2v) is 5.28. The highest BCUT2D eigenvalue weighted by Gasteiger charge is 2.25. The summed E-state index contributed by atoms with van der Waals surface area (Å²) in [5, 5.41) is 2.95. The van der Waals surface area contributed by atoms with Crippen molar-refractivity contribution in [2.75, 3.05) is 12.1 Å². The lowest BCUT2D eigenvalue weighted by atomic mass is 9.97. The second kappa shape index (κ2) is 4.80. The van der Waals surface area contributed by atoms with Crippen LogP contribution in [-0.4, -0.2) is 22.3 Å². The van der Waals surface area contributed by atoms with Crippen LogP contribution in [-0.2, 0) is 17.8 Å². The highest BCUT2D eigenvalue weighted by Crippen LogP contribution is 2.34. The smallest absolute Gasteiger partial charge is 0.231 e. The Labute approximate surface area is 121 Å². The molecule has 6 nitrogen and oxygen atoms in total. The molecule has 0 saturated heterocycles. The Morgan fingerprint density at radius 1 is 1.33 bits per heavy atom. The SMILES string of the molecule is O=C(Nc1ccc2c(c1)OCO2)C1CCn2ccnc2C1. The standard InChI is InChI=1S/C15H15N3O3/c19-15(10-3-5-18-6-4-16-14(18)7-10)17-11-1-2-12-13(8-11)21-9-20-12/h1-2,4,6,8,10H,3,5,7,9H2,(H,17,19). The molecule has 1 N–H and O–H groups in total. The number of hydrogen-bond acceptors (Lipinski definition) is 4. The lowest BCUT2D eigenvalue weighted by Gasteiger charge is -2.22. The number of ether oxygens (including phenoxy) is 2. The quantitative estimate of drug-likeness (QED) is 0.914. The molecule has 1 atom stereocenters. The molecule has 0 radical (unpaired) electrons. The first-order chi connectivity index (χ1) is 10.3. The Balaban J connectivity index is 1.47. The summed E-state index contributed by atoms with van der Waals surface area (Å²) in [6.07, 6.45) is 5.26. The number of benzene rings is 1. The predicted molar refractivity (Wildman–Crippen MR) is 75.2 cm³/mol. The number of imidazole rings is 1. The van der Waals surface area contributed by atoms with Gasteiger partial charge in [-0.15, -0.1) is 0 Å². The summed E-state index contributed by atoms with van der Waals surface area (Å²) in [4.78, 5) is 16.7. The van der Waals surface area contributed by atoms with Crippen molar-refractivity contribution in [2.45, 2.75) is 19.4 Å². The van der Waals surface area contributed by atoms with Gasteiger partial charge in [-0.2, -0.15) is 0 Å². The van der Waals surface area contributed by atoms with E-state index in [0.717, 1.165) is 24.5 Å². The molecule has 0 spiro atoms. The van der Waals surface area contributed by atoms with Crippen LogP contribution >= 0.6 is 0 Å². The van der Waals surface area contributed by atoms with Crippen LogP contribution in [0.2, 0.25) is 0 Å². The van der Waals surface area contributed by atoms with Gasteiger partial charge < -0.3 is 19.4 Å². The third-order valence-corrected chi connectivity index (χ3v) is 3.96. The minimum absolute atomic E-state index is 0.0307. The maximum atomic E-state index is 12.4. The minimum Gasteiger partial charge on any atom is -0.454 e. The van der Waals surface area contributed by atoms with Crippen LogP contribution in [0.3, 0.4) is 0 Å². The van der Waals surface area contributed by atoms with E-state index in [4.69, 9.17) is 9.47 Å². The van der Waals surface area contributed by atoms with Crippen molar-refractivity contribution in [1.82, 2.24) is 9.55 Å². The summed E-state index contributed by atoms with van der Waals surface area (Å²) in [6, 6.07) is 5.44. The zero-order valence-electron chi connectivity index (χ0n) is 11.4. The van der Waals surface area contributed by atoms with Crippen LogP contribution in [0.4, 0.5) is 5.69 Å². The van der Waals surface area contributed by atoms with Crippen molar-refractivity contribution in [2.24, 2.45) is 5.92 Å². The molecule has 1 unspecified atom stereocenters. The van der Waals surface area contributed by atoms with Gasteiger partial charge in [-0.3, -0.25) is 4.79 Å². The molecule has 1 aromatic carbocycles. The third-order valence-electron chi connectivity index (χ3n) is 3.96. The van der Waals surface area contributed by atoms with Gasteiger partial charge in [0.1, 0.15) is 5.82 Å². The first-order valence-corrected chi connectivity index (χ1v) is 7.00. The average molecular weight is 285 g/mol. The largest absolute Gasteiger partial charge is 0.454 e. The van der Waals surface area contributed by atoms with Crippen molar-refractivity contribution >= 4 is 11.6 Å². The van der Waals surface area contributed by atoms with E-state index in [2.05, 4.69) is 14.9 Å². The number of carbonyl (C=O) groups is 1. The van der Waals surface area contributed by atoms with Crippen molar-refractivity contribution in [1.29, 1.82) is 0 Å². The van der Waals surface area contributed by atoms with Gasteiger partial charge in [0.2, 0.25) is 12.7 Å². The maximum absolute atomic E-state index is 12.4. The van der Waals surface area contributed by atoms with Crippen LogP contribution in [0.1, 0.15) is 12.2 Å². The van der Waals surface area contributed by atoms with Crippen molar-refractivity contribution in [3.8, 4) is 11.5 Å². The van der Waals surface area contributed by atoms with Gasteiger partial charge in [-0.05, 0) is 18.6 Å². The van der Waals surface area contributed by atoms with Crippen LogP contribution in [0.25, 0.3) is 0 Å². The fraction of sp³-hybridized carbons (Fsp3) is 0.333. The minimum atomic E-state index is -0.0367. The summed E-state index contributed by atoms with van der Waals surface area (Å²) < 4.78 is 12.7. The van der Waals surface area contributed by atoms with E-state index in [9.17, 15) is 4.79 Å². The highest BCUT2D eigenvalue weighted by atomic mass is 16.7. The fourth-order valence-electron chi connectivity index (χ4n) is 2.79. The summed E-state index contributed by atoms with van der Waals surface area (Å²) in [5.74, 6) is 2.36. The first-order valence-electron chi connectivity index (χ1n) is 7.00. The van der Waals surface area contributed by atoms with E-state index in [1.165, 1.54) is 0 Å². The molecule has 0 bridgehead atoms. The molecule has 0 fully saturated rings. The molecule has 2 aliphatic rings.